The van der Waals surface area contributed by atoms with Gasteiger partial charge in [-0.1, -0.05) is 0 Å². The summed E-state index contributed by atoms with van der Waals surface area (Å²) in [4.78, 5) is 20.8. The molecule has 0 amide bonds. The first kappa shape index (κ1) is 7.42. The van der Waals surface area contributed by atoms with Gasteiger partial charge in [-0.05, 0) is 22.0 Å². The Morgan fingerprint density at radius 3 is 3.00 bits per heavy atom. The Balaban J connectivity index is 2.87. The molecule has 2 aromatic rings. The van der Waals surface area contributed by atoms with E-state index in [-0.39, 0.29) is 5.69 Å². The van der Waals surface area contributed by atoms with Crippen LogP contribution >= 0.6 is 15.9 Å². The topological polar surface area (TPSA) is 58.6 Å². The van der Waals surface area contributed by atoms with Gasteiger partial charge in [0.1, 0.15) is 5.65 Å². The summed E-state index contributed by atoms with van der Waals surface area (Å²) in [5, 5.41) is 0.809. The molecule has 0 aromatic carbocycles. The summed E-state index contributed by atoms with van der Waals surface area (Å²) in [7, 11) is 0. The van der Waals surface area contributed by atoms with Crippen molar-refractivity contribution < 1.29 is 0 Å². The van der Waals surface area contributed by atoms with Crippen LogP contribution in [0.15, 0.2) is 27.7 Å². The molecule has 0 saturated heterocycles. The van der Waals surface area contributed by atoms with Gasteiger partial charge in [-0.3, -0.25) is 4.98 Å². The summed E-state index contributed by atoms with van der Waals surface area (Å²) < 4.78 is 0.865. The first-order valence-electron chi connectivity index (χ1n) is 3.26. The summed E-state index contributed by atoms with van der Waals surface area (Å²) in [6.07, 6.45) is 3.12. The molecule has 2 heterocycles. The fourth-order valence-electron chi connectivity index (χ4n) is 0.920. The Morgan fingerprint density at radius 1 is 1.33 bits per heavy atom. The van der Waals surface area contributed by atoms with E-state index in [1.807, 2.05) is 6.07 Å². The van der Waals surface area contributed by atoms with Crippen molar-refractivity contribution in [1.82, 2.24) is 15.0 Å². The number of fused-ring (bicyclic) bond motifs is 1. The fourth-order valence-corrected chi connectivity index (χ4v) is 1.27. The molecular formula is C7H4BrN3O. The molecule has 4 nitrogen and oxygen atoms in total. The second kappa shape index (κ2) is 2.67. The number of hydrogen-bond donors (Lipinski definition) is 1. The molecule has 0 fully saturated rings. The van der Waals surface area contributed by atoms with Gasteiger partial charge in [-0.15, -0.1) is 0 Å². The van der Waals surface area contributed by atoms with Crippen LogP contribution in [0.2, 0.25) is 0 Å². The van der Waals surface area contributed by atoms with E-state index >= 15 is 0 Å². The first-order valence-corrected chi connectivity index (χ1v) is 4.05. The van der Waals surface area contributed by atoms with Gasteiger partial charge in [0.2, 0.25) is 0 Å². The SMILES string of the molecule is O=c1ncc2cc(Br)cnc2[nH]1. The monoisotopic (exact) mass is 225 g/mol. The molecular weight excluding hydrogens is 222 g/mol. The molecule has 2 rings (SSSR count). The van der Waals surface area contributed by atoms with E-state index in [9.17, 15) is 4.79 Å². The standard InChI is InChI=1S/C7H4BrN3O/c8-5-1-4-2-10-7(12)11-6(4)9-3-5/h1-3H,(H,9,10,11,12). The van der Waals surface area contributed by atoms with Gasteiger partial charge in [0.15, 0.2) is 0 Å². The van der Waals surface area contributed by atoms with Crippen molar-refractivity contribution in [1.29, 1.82) is 0 Å². The lowest BCUT2D eigenvalue weighted by molar-refractivity contribution is 1.09. The van der Waals surface area contributed by atoms with Gasteiger partial charge in [-0.25, -0.2) is 14.8 Å². The molecule has 0 atom stereocenters. The number of rotatable bonds is 0. The second-order valence-corrected chi connectivity index (χ2v) is 3.20. The summed E-state index contributed by atoms with van der Waals surface area (Å²) >= 11 is 3.27. The molecule has 12 heavy (non-hydrogen) atoms. The van der Waals surface area contributed by atoms with Crippen LogP contribution in [-0.2, 0) is 0 Å². The molecule has 60 valence electrons. The Labute approximate surface area is 75.8 Å². The summed E-state index contributed by atoms with van der Waals surface area (Å²) in [5.74, 6) is 0. The van der Waals surface area contributed by atoms with E-state index in [4.69, 9.17) is 0 Å². The van der Waals surface area contributed by atoms with Crippen LogP contribution in [0.4, 0.5) is 0 Å². The van der Waals surface area contributed by atoms with E-state index in [0.29, 0.717) is 5.65 Å². The third kappa shape index (κ3) is 1.23. The maximum absolute atomic E-state index is 10.7. The predicted octanol–water partition coefficient (Wildman–Crippen LogP) is 1.08. The molecule has 0 aliphatic heterocycles. The highest BCUT2D eigenvalue weighted by Crippen LogP contribution is 2.12. The van der Waals surface area contributed by atoms with Crippen LogP contribution < -0.4 is 5.69 Å². The van der Waals surface area contributed by atoms with E-state index in [0.717, 1.165) is 9.86 Å². The van der Waals surface area contributed by atoms with Gasteiger partial charge in [0, 0.05) is 22.3 Å². The lowest BCUT2D eigenvalue weighted by atomic mass is 10.3. The molecule has 0 saturated carbocycles. The number of hydrogen-bond acceptors (Lipinski definition) is 3. The van der Waals surface area contributed by atoms with Gasteiger partial charge in [0.05, 0.1) is 0 Å². The maximum atomic E-state index is 10.7. The van der Waals surface area contributed by atoms with Crippen molar-refractivity contribution in [3.8, 4) is 0 Å². The molecule has 0 bridgehead atoms. The second-order valence-electron chi connectivity index (χ2n) is 2.28. The van der Waals surface area contributed by atoms with E-state index in [1.165, 1.54) is 6.20 Å². The van der Waals surface area contributed by atoms with Crippen LogP contribution in [0.1, 0.15) is 0 Å². The number of nitrogens with one attached hydrogen (secondary N) is 1. The Morgan fingerprint density at radius 2 is 2.17 bits per heavy atom. The summed E-state index contributed by atoms with van der Waals surface area (Å²) in [6.45, 7) is 0. The number of H-pyrrole nitrogens is 1. The zero-order chi connectivity index (χ0) is 8.55. The average molecular weight is 226 g/mol. The van der Waals surface area contributed by atoms with Crippen molar-refractivity contribution in [3.05, 3.63) is 33.4 Å². The smallest absolute Gasteiger partial charge is 0.290 e. The Bertz CT molecular complexity index is 479. The minimum Gasteiger partial charge on any atom is -0.290 e. The number of pyridine rings is 1. The van der Waals surface area contributed by atoms with Crippen LogP contribution in [0.3, 0.4) is 0 Å². The van der Waals surface area contributed by atoms with Gasteiger partial charge < -0.3 is 0 Å². The third-order valence-corrected chi connectivity index (χ3v) is 1.86. The molecule has 1 N–H and O–H groups in total. The number of aromatic amines is 1. The zero-order valence-corrected chi connectivity index (χ0v) is 7.50. The van der Waals surface area contributed by atoms with Crippen molar-refractivity contribution in [2.45, 2.75) is 0 Å². The van der Waals surface area contributed by atoms with Crippen molar-refractivity contribution >= 4 is 27.0 Å². The lowest BCUT2D eigenvalue weighted by Crippen LogP contribution is -2.09. The largest absolute Gasteiger partial charge is 0.346 e. The van der Waals surface area contributed by atoms with Gasteiger partial charge in [0.25, 0.3) is 0 Å². The van der Waals surface area contributed by atoms with E-state index < -0.39 is 0 Å². The van der Waals surface area contributed by atoms with Crippen LogP contribution in [-0.4, -0.2) is 15.0 Å². The summed E-state index contributed by atoms with van der Waals surface area (Å²) in [6, 6.07) is 1.84. The van der Waals surface area contributed by atoms with E-state index in [1.54, 1.807) is 6.20 Å². The Kier molecular flexibility index (Phi) is 1.65. The molecule has 2 aromatic heterocycles. The molecule has 0 spiro atoms. The van der Waals surface area contributed by atoms with Crippen molar-refractivity contribution in [2.24, 2.45) is 0 Å². The Hall–Kier alpha value is -1.23. The van der Waals surface area contributed by atoms with Crippen LogP contribution in [0.25, 0.3) is 11.0 Å². The minimum absolute atomic E-state index is 0.377. The fraction of sp³-hybridized carbons (Fsp3) is 0. The molecule has 5 heteroatoms. The predicted molar refractivity (Wildman–Crippen MR) is 47.9 cm³/mol. The molecule has 0 unspecified atom stereocenters. The van der Waals surface area contributed by atoms with Crippen LogP contribution in [0, 0.1) is 0 Å². The van der Waals surface area contributed by atoms with Gasteiger partial charge >= 0.3 is 5.69 Å². The normalized spacial score (nSPS) is 10.4. The molecule has 0 radical (unpaired) electrons. The van der Waals surface area contributed by atoms with Crippen LogP contribution in [0.5, 0.6) is 0 Å². The zero-order valence-electron chi connectivity index (χ0n) is 5.91. The first-order chi connectivity index (χ1) is 5.75. The lowest BCUT2D eigenvalue weighted by Gasteiger charge is -1.94. The minimum atomic E-state index is -0.377. The van der Waals surface area contributed by atoms with Crippen molar-refractivity contribution in [3.63, 3.8) is 0 Å². The molecule has 0 aliphatic rings. The van der Waals surface area contributed by atoms with E-state index in [2.05, 4.69) is 30.9 Å². The number of nitrogens with zero attached hydrogens (tertiary/aromatic N) is 2. The average Bonchev–Trinajstić information content (AvgIpc) is 2.05. The number of halogens is 1. The number of aromatic nitrogens is 3. The highest BCUT2D eigenvalue weighted by Gasteiger charge is 1.95. The van der Waals surface area contributed by atoms with Gasteiger partial charge in [-0.2, -0.15) is 0 Å². The maximum Gasteiger partial charge on any atom is 0.346 e. The molecule has 0 aliphatic carbocycles. The quantitative estimate of drug-likeness (QED) is 0.731. The third-order valence-electron chi connectivity index (χ3n) is 1.43. The highest BCUT2D eigenvalue weighted by molar-refractivity contribution is 9.10. The summed E-state index contributed by atoms with van der Waals surface area (Å²) in [5.41, 5.74) is 0.176. The highest BCUT2D eigenvalue weighted by atomic mass is 79.9. The van der Waals surface area contributed by atoms with Crippen molar-refractivity contribution in [2.75, 3.05) is 0 Å².